The Balaban J connectivity index is 2.27. The molecule has 2 aromatic carbocycles. The van der Waals surface area contributed by atoms with E-state index >= 15 is 4.39 Å². The van der Waals surface area contributed by atoms with Crippen LogP contribution in [0.1, 0.15) is 25.3 Å². The molecule has 33 heavy (non-hydrogen) atoms. The molecule has 1 aliphatic heterocycles. The number of rotatable bonds is 5. The summed E-state index contributed by atoms with van der Waals surface area (Å²) in [6.07, 6.45) is -6.33. The fraction of sp³-hybridized carbons (Fsp3) is 0.429. The van der Waals surface area contributed by atoms with Crippen molar-refractivity contribution in [3.05, 3.63) is 47.8 Å². The highest BCUT2D eigenvalue weighted by Crippen LogP contribution is 2.47. The standard InChI is InChI=1S/C21H20F7NO3S/c1-20(24,25)8-7-12-11-29(14-5-3-13(22)4-6-14)16-9-15(21(26,27)28)17(32-2)10-18(16)33(30,31)19(12)23/h3-6,9-10,12,19H,7-8,11H2,1-2H3/t12-,19+/m0/s1. The van der Waals surface area contributed by atoms with Gasteiger partial charge in [0.05, 0.1) is 23.3 Å². The Morgan fingerprint density at radius 1 is 1.09 bits per heavy atom. The Labute approximate surface area is 185 Å². The molecule has 0 fully saturated rings. The maximum absolute atomic E-state index is 15.3. The second kappa shape index (κ2) is 8.69. The summed E-state index contributed by atoms with van der Waals surface area (Å²) in [5.74, 6) is -6.22. The first-order valence-electron chi connectivity index (χ1n) is 9.73. The average Bonchev–Trinajstić information content (AvgIpc) is 2.79. The summed E-state index contributed by atoms with van der Waals surface area (Å²) in [6, 6.07) is 5.42. The van der Waals surface area contributed by atoms with Crippen molar-refractivity contribution in [1.29, 1.82) is 0 Å². The number of anilines is 2. The Morgan fingerprint density at radius 2 is 1.70 bits per heavy atom. The number of benzene rings is 2. The number of fused-ring (bicyclic) bond motifs is 1. The van der Waals surface area contributed by atoms with Crippen LogP contribution in [-0.4, -0.2) is 33.5 Å². The molecule has 3 rings (SSSR count). The van der Waals surface area contributed by atoms with Gasteiger partial charge in [-0.1, -0.05) is 0 Å². The van der Waals surface area contributed by atoms with E-state index in [0.717, 1.165) is 24.1 Å². The Hall–Kier alpha value is -2.50. The van der Waals surface area contributed by atoms with E-state index < -0.39 is 80.5 Å². The summed E-state index contributed by atoms with van der Waals surface area (Å²) < 4.78 is 127. The average molecular weight is 499 g/mol. The monoisotopic (exact) mass is 499 g/mol. The van der Waals surface area contributed by atoms with Crippen LogP contribution in [0.5, 0.6) is 5.75 Å². The van der Waals surface area contributed by atoms with E-state index in [9.17, 15) is 34.8 Å². The second-order valence-corrected chi connectivity index (χ2v) is 9.85. The molecule has 2 aromatic rings. The topological polar surface area (TPSA) is 46.6 Å². The third-order valence-electron chi connectivity index (χ3n) is 5.36. The molecule has 0 saturated heterocycles. The quantitative estimate of drug-likeness (QED) is 0.465. The number of halogens is 7. The number of ether oxygens (including phenoxy) is 1. The lowest BCUT2D eigenvalue weighted by molar-refractivity contribution is -0.138. The minimum absolute atomic E-state index is 0.0634. The largest absolute Gasteiger partial charge is 0.496 e. The fourth-order valence-electron chi connectivity index (χ4n) is 3.70. The number of methoxy groups -OCH3 is 1. The first-order chi connectivity index (χ1) is 15.1. The van der Waals surface area contributed by atoms with Crippen molar-refractivity contribution in [2.75, 3.05) is 18.6 Å². The number of sulfone groups is 1. The van der Waals surface area contributed by atoms with Gasteiger partial charge in [-0.25, -0.2) is 26.0 Å². The van der Waals surface area contributed by atoms with Crippen molar-refractivity contribution in [3.63, 3.8) is 0 Å². The van der Waals surface area contributed by atoms with Gasteiger partial charge < -0.3 is 9.64 Å². The third kappa shape index (κ3) is 5.20. The number of alkyl halides is 6. The van der Waals surface area contributed by atoms with Gasteiger partial charge in [0.1, 0.15) is 11.6 Å². The second-order valence-electron chi connectivity index (χ2n) is 7.87. The van der Waals surface area contributed by atoms with Crippen molar-refractivity contribution in [1.82, 2.24) is 0 Å². The van der Waals surface area contributed by atoms with Crippen LogP contribution in [0.4, 0.5) is 42.1 Å². The van der Waals surface area contributed by atoms with Gasteiger partial charge in [0.2, 0.25) is 21.3 Å². The zero-order chi connectivity index (χ0) is 24.8. The van der Waals surface area contributed by atoms with Gasteiger partial charge in [0.25, 0.3) is 0 Å². The maximum atomic E-state index is 15.3. The Kier molecular flexibility index (Phi) is 6.62. The van der Waals surface area contributed by atoms with E-state index in [0.29, 0.717) is 19.1 Å². The molecule has 0 saturated carbocycles. The zero-order valence-corrected chi connectivity index (χ0v) is 18.3. The molecule has 0 aliphatic carbocycles. The minimum atomic E-state index is -4.94. The molecule has 0 radical (unpaired) electrons. The number of hydrogen-bond acceptors (Lipinski definition) is 4. The summed E-state index contributed by atoms with van der Waals surface area (Å²) in [5.41, 5.74) is -4.41. The molecular weight excluding hydrogens is 479 g/mol. The fourth-order valence-corrected chi connectivity index (χ4v) is 5.40. The molecular formula is C21H20F7NO3S. The Morgan fingerprint density at radius 3 is 2.21 bits per heavy atom. The predicted molar refractivity (Wildman–Crippen MR) is 107 cm³/mol. The molecule has 0 N–H and O–H groups in total. The van der Waals surface area contributed by atoms with Gasteiger partial charge in [-0.05, 0) is 43.7 Å². The summed E-state index contributed by atoms with van der Waals surface area (Å²) in [7, 11) is -3.99. The molecule has 0 unspecified atom stereocenters. The Bertz CT molecular complexity index is 1110. The van der Waals surface area contributed by atoms with Gasteiger partial charge in [-0.2, -0.15) is 13.2 Å². The number of hydrogen-bond donors (Lipinski definition) is 0. The first kappa shape index (κ1) is 25.1. The molecule has 0 spiro atoms. The van der Waals surface area contributed by atoms with Crippen LogP contribution in [0.2, 0.25) is 0 Å². The van der Waals surface area contributed by atoms with Crippen LogP contribution in [-0.2, 0) is 16.0 Å². The van der Waals surface area contributed by atoms with Gasteiger partial charge in [-0.15, -0.1) is 0 Å². The van der Waals surface area contributed by atoms with Crippen molar-refractivity contribution >= 4 is 21.2 Å². The minimum Gasteiger partial charge on any atom is -0.496 e. The molecule has 2 atom stereocenters. The molecule has 1 aliphatic rings. The van der Waals surface area contributed by atoms with Crippen molar-refractivity contribution < 1.29 is 43.9 Å². The van der Waals surface area contributed by atoms with Crippen LogP contribution >= 0.6 is 0 Å². The highest BCUT2D eigenvalue weighted by molar-refractivity contribution is 7.92. The highest BCUT2D eigenvalue weighted by Gasteiger charge is 2.45. The van der Waals surface area contributed by atoms with Crippen LogP contribution in [0.3, 0.4) is 0 Å². The lowest BCUT2D eigenvalue weighted by Crippen LogP contribution is -2.32. The van der Waals surface area contributed by atoms with E-state index in [1.54, 1.807) is 0 Å². The van der Waals surface area contributed by atoms with Gasteiger partial charge in [0.15, 0.2) is 0 Å². The predicted octanol–water partition coefficient (Wildman–Crippen LogP) is 6.13. The van der Waals surface area contributed by atoms with Gasteiger partial charge in [0, 0.05) is 30.6 Å². The smallest absolute Gasteiger partial charge is 0.420 e. The van der Waals surface area contributed by atoms with Crippen molar-refractivity contribution in [2.24, 2.45) is 5.92 Å². The number of nitrogens with zero attached hydrogens (tertiary/aromatic N) is 1. The molecule has 12 heteroatoms. The molecule has 1 heterocycles. The van der Waals surface area contributed by atoms with E-state index in [2.05, 4.69) is 0 Å². The van der Waals surface area contributed by atoms with E-state index in [1.165, 1.54) is 12.1 Å². The van der Waals surface area contributed by atoms with Crippen LogP contribution in [0.25, 0.3) is 0 Å². The molecule has 4 nitrogen and oxygen atoms in total. The van der Waals surface area contributed by atoms with E-state index in [-0.39, 0.29) is 5.69 Å². The van der Waals surface area contributed by atoms with Crippen molar-refractivity contribution in [2.45, 2.75) is 42.3 Å². The van der Waals surface area contributed by atoms with Crippen LogP contribution in [0.15, 0.2) is 41.3 Å². The normalized spacial score (nSPS) is 20.8. The summed E-state index contributed by atoms with van der Waals surface area (Å²) >= 11 is 0. The highest BCUT2D eigenvalue weighted by atomic mass is 32.2. The van der Waals surface area contributed by atoms with E-state index in [1.807, 2.05) is 0 Å². The first-order valence-corrected chi connectivity index (χ1v) is 11.3. The molecule has 182 valence electrons. The lowest BCUT2D eigenvalue weighted by atomic mass is 10.00. The summed E-state index contributed by atoms with van der Waals surface area (Å²) in [4.78, 5) is 0.286. The van der Waals surface area contributed by atoms with E-state index in [4.69, 9.17) is 4.74 Å². The molecule has 0 aromatic heterocycles. The van der Waals surface area contributed by atoms with Gasteiger partial charge >= 0.3 is 6.18 Å². The lowest BCUT2D eigenvalue weighted by Gasteiger charge is -2.29. The van der Waals surface area contributed by atoms with Crippen LogP contribution < -0.4 is 9.64 Å². The third-order valence-corrected chi connectivity index (χ3v) is 7.28. The maximum Gasteiger partial charge on any atom is 0.420 e. The van der Waals surface area contributed by atoms with Gasteiger partial charge in [-0.3, -0.25) is 0 Å². The summed E-state index contributed by atoms with van der Waals surface area (Å²) in [5, 5.41) is 0. The van der Waals surface area contributed by atoms with Crippen LogP contribution in [0, 0.1) is 11.7 Å². The summed E-state index contributed by atoms with van der Waals surface area (Å²) in [6.45, 7) is 0.0666. The molecule has 0 amide bonds. The molecule has 0 bridgehead atoms. The SMILES string of the molecule is COc1cc2c(cc1C(F)(F)F)N(c1ccc(F)cc1)C[C@H](CCC(C)(F)F)[C@H](F)S2(=O)=O. The zero-order valence-electron chi connectivity index (χ0n) is 17.5. The van der Waals surface area contributed by atoms with Crippen molar-refractivity contribution in [3.8, 4) is 5.75 Å².